The third kappa shape index (κ3) is 43.6. The molecule has 0 amide bonds. The lowest BCUT2D eigenvalue weighted by Crippen LogP contribution is -2.28. The maximum atomic E-state index is 12.2. The molecule has 0 heterocycles. The highest BCUT2D eigenvalue weighted by Crippen LogP contribution is 2.17. The van der Waals surface area contributed by atoms with Gasteiger partial charge < -0.3 is 14.6 Å². The molecule has 0 aliphatic rings. The zero-order valence-corrected chi connectivity index (χ0v) is 36.8. The molecule has 0 aromatic carbocycles. The van der Waals surface area contributed by atoms with E-state index in [1.165, 1.54) is 218 Å². The smallest absolute Gasteiger partial charge is 0.306 e. The van der Waals surface area contributed by atoms with Gasteiger partial charge in [-0.1, -0.05) is 258 Å². The largest absolute Gasteiger partial charge is 0.462 e. The number of hydrogen-bond acceptors (Lipinski definition) is 5. The van der Waals surface area contributed by atoms with Crippen molar-refractivity contribution in [2.75, 3.05) is 13.2 Å². The fourth-order valence-corrected chi connectivity index (χ4v) is 7.68. The van der Waals surface area contributed by atoms with Gasteiger partial charge in [0.15, 0.2) is 6.10 Å². The summed E-state index contributed by atoms with van der Waals surface area (Å²) in [7, 11) is 0. The van der Waals surface area contributed by atoms with E-state index in [2.05, 4.69) is 13.8 Å². The van der Waals surface area contributed by atoms with Crippen molar-refractivity contribution in [1.82, 2.24) is 0 Å². The number of esters is 2. The molecule has 5 heteroatoms. The number of unbranched alkanes of at least 4 members (excludes halogenated alkanes) is 38. The lowest BCUT2D eigenvalue weighted by atomic mass is 10.0. The molecule has 0 aliphatic heterocycles. The van der Waals surface area contributed by atoms with Gasteiger partial charge in [-0.05, 0) is 12.8 Å². The molecule has 0 saturated heterocycles. The van der Waals surface area contributed by atoms with Gasteiger partial charge in [0.25, 0.3) is 0 Å². The van der Waals surface area contributed by atoms with Crippen molar-refractivity contribution in [3.63, 3.8) is 0 Å². The Morgan fingerprint density at radius 2 is 0.574 bits per heavy atom. The van der Waals surface area contributed by atoms with Gasteiger partial charge in [-0.25, -0.2) is 0 Å². The van der Waals surface area contributed by atoms with Crippen LogP contribution in [0.15, 0.2) is 0 Å². The standard InChI is InChI=1S/C49H96O5/c1-3-5-7-9-11-12-13-14-15-16-17-18-19-20-21-22-23-24-25-26-27-28-29-30-31-32-33-34-35-36-37-38-40-42-44-49(52)54-47(45-50)46-53-48(51)43-41-39-10-8-6-4-2/h47,50H,3-46H2,1-2H3. The van der Waals surface area contributed by atoms with E-state index in [9.17, 15) is 14.7 Å². The average Bonchev–Trinajstić information content (AvgIpc) is 3.17. The molecule has 0 rings (SSSR count). The lowest BCUT2D eigenvalue weighted by Gasteiger charge is -2.15. The number of rotatable bonds is 46. The number of aliphatic hydroxyl groups is 1. The first-order valence-electron chi connectivity index (χ1n) is 24.6. The Labute approximate surface area is 338 Å². The summed E-state index contributed by atoms with van der Waals surface area (Å²) >= 11 is 0. The molecule has 0 fully saturated rings. The molecule has 0 aromatic heterocycles. The minimum Gasteiger partial charge on any atom is -0.462 e. The molecule has 0 aromatic rings. The summed E-state index contributed by atoms with van der Waals surface area (Å²) in [5.74, 6) is -0.585. The van der Waals surface area contributed by atoms with Crippen molar-refractivity contribution in [2.45, 2.75) is 290 Å². The Bertz CT molecular complexity index is 740. The van der Waals surface area contributed by atoms with Crippen LogP contribution in [0.4, 0.5) is 0 Å². The summed E-state index contributed by atoms with van der Waals surface area (Å²) in [6.07, 6.45) is 54.0. The predicted molar refractivity (Wildman–Crippen MR) is 233 cm³/mol. The Morgan fingerprint density at radius 3 is 0.815 bits per heavy atom. The number of carbonyl (C=O) groups excluding carboxylic acids is 2. The van der Waals surface area contributed by atoms with Crippen molar-refractivity contribution in [2.24, 2.45) is 0 Å². The van der Waals surface area contributed by atoms with Crippen LogP contribution in [0.3, 0.4) is 0 Å². The maximum Gasteiger partial charge on any atom is 0.306 e. The molecule has 5 nitrogen and oxygen atoms in total. The van der Waals surface area contributed by atoms with Crippen molar-refractivity contribution in [3.8, 4) is 0 Å². The fourth-order valence-electron chi connectivity index (χ4n) is 7.68. The molecule has 1 atom stereocenters. The first kappa shape index (κ1) is 52.9. The minimum atomic E-state index is -0.760. The molecule has 1 unspecified atom stereocenters. The topological polar surface area (TPSA) is 72.8 Å². The van der Waals surface area contributed by atoms with E-state index >= 15 is 0 Å². The second-order valence-corrected chi connectivity index (χ2v) is 16.9. The van der Waals surface area contributed by atoms with E-state index in [0.29, 0.717) is 12.8 Å². The van der Waals surface area contributed by atoms with Crippen molar-refractivity contribution in [1.29, 1.82) is 0 Å². The molecule has 0 bridgehead atoms. The van der Waals surface area contributed by atoms with Gasteiger partial charge in [0.1, 0.15) is 6.61 Å². The van der Waals surface area contributed by atoms with Gasteiger partial charge in [-0.2, -0.15) is 0 Å². The Balaban J connectivity index is 3.28. The summed E-state index contributed by atoms with van der Waals surface area (Å²) in [6.45, 7) is 4.11. The van der Waals surface area contributed by atoms with Gasteiger partial charge in [0.2, 0.25) is 0 Å². The van der Waals surface area contributed by atoms with Crippen LogP contribution in [0.25, 0.3) is 0 Å². The summed E-state index contributed by atoms with van der Waals surface area (Å²) < 4.78 is 10.5. The van der Waals surface area contributed by atoms with Crippen LogP contribution in [0.2, 0.25) is 0 Å². The lowest BCUT2D eigenvalue weighted by molar-refractivity contribution is -0.161. The third-order valence-corrected chi connectivity index (χ3v) is 11.4. The highest BCUT2D eigenvalue weighted by molar-refractivity contribution is 5.70. The second-order valence-electron chi connectivity index (χ2n) is 16.9. The summed E-state index contributed by atoms with van der Waals surface area (Å²) in [5.41, 5.74) is 0. The van der Waals surface area contributed by atoms with Crippen molar-refractivity contribution >= 4 is 11.9 Å². The quantitative estimate of drug-likeness (QED) is 0.0494. The van der Waals surface area contributed by atoms with E-state index in [4.69, 9.17) is 9.47 Å². The third-order valence-electron chi connectivity index (χ3n) is 11.4. The van der Waals surface area contributed by atoms with Gasteiger partial charge in [0, 0.05) is 12.8 Å². The summed E-state index contributed by atoms with van der Waals surface area (Å²) in [5, 5.41) is 9.51. The number of aliphatic hydroxyl groups excluding tert-OH is 1. The zero-order chi connectivity index (χ0) is 39.3. The fraction of sp³-hybridized carbons (Fsp3) is 0.959. The van der Waals surface area contributed by atoms with Gasteiger partial charge in [-0.15, -0.1) is 0 Å². The minimum absolute atomic E-state index is 0.0589. The Morgan fingerprint density at radius 1 is 0.352 bits per heavy atom. The molecule has 322 valence electrons. The maximum absolute atomic E-state index is 12.2. The first-order chi connectivity index (χ1) is 26.6. The first-order valence-corrected chi connectivity index (χ1v) is 24.6. The van der Waals surface area contributed by atoms with Crippen molar-refractivity contribution < 1.29 is 24.2 Å². The van der Waals surface area contributed by atoms with Crippen LogP contribution in [-0.2, 0) is 19.1 Å². The van der Waals surface area contributed by atoms with Crippen LogP contribution in [0, 0.1) is 0 Å². The summed E-state index contributed by atoms with van der Waals surface area (Å²) in [4.78, 5) is 24.1. The molecule has 0 spiro atoms. The van der Waals surface area contributed by atoms with E-state index in [-0.39, 0.29) is 25.2 Å². The van der Waals surface area contributed by atoms with E-state index in [1.807, 2.05) is 0 Å². The highest BCUT2D eigenvalue weighted by Gasteiger charge is 2.16. The number of carbonyl (C=O) groups is 2. The predicted octanol–water partition coefficient (Wildman–Crippen LogP) is 15.9. The summed E-state index contributed by atoms with van der Waals surface area (Å²) in [6, 6.07) is 0. The molecule has 0 saturated carbocycles. The van der Waals surface area contributed by atoms with E-state index in [1.54, 1.807) is 0 Å². The molecular weight excluding hydrogens is 669 g/mol. The number of ether oxygens (including phenoxy) is 2. The van der Waals surface area contributed by atoms with E-state index in [0.717, 1.165) is 38.5 Å². The average molecular weight is 765 g/mol. The number of hydrogen-bond donors (Lipinski definition) is 1. The SMILES string of the molecule is CCCCCCCCCCCCCCCCCCCCCCCCCCCCCCCCCCCCC(=O)OC(CO)COC(=O)CCCCCCCC. The second kappa shape index (κ2) is 46.3. The molecule has 0 aliphatic carbocycles. The molecular formula is C49H96O5. The van der Waals surface area contributed by atoms with Crippen LogP contribution in [0.5, 0.6) is 0 Å². The van der Waals surface area contributed by atoms with Gasteiger partial charge in [-0.3, -0.25) is 9.59 Å². The highest BCUT2D eigenvalue weighted by atomic mass is 16.6. The monoisotopic (exact) mass is 765 g/mol. The van der Waals surface area contributed by atoms with Gasteiger partial charge >= 0.3 is 11.9 Å². The van der Waals surface area contributed by atoms with Crippen LogP contribution in [0.1, 0.15) is 284 Å². The molecule has 1 N–H and O–H groups in total. The molecule has 54 heavy (non-hydrogen) atoms. The van der Waals surface area contributed by atoms with Crippen molar-refractivity contribution in [3.05, 3.63) is 0 Å². The molecule has 0 radical (unpaired) electrons. The van der Waals surface area contributed by atoms with Crippen LogP contribution in [-0.4, -0.2) is 36.4 Å². The van der Waals surface area contributed by atoms with E-state index < -0.39 is 6.10 Å². The van der Waals surface area contributed by atoms with Crippen LogP contribution < -0.4 is 0 Å². The van der Waals surface area contributed by atoms with Gasteiger partial charge in [0.05, 0.1) is 6.61 Å². The Kier molecular flexibility index (Phi) is 45.3. The zero-order valence-electron chi connectivity index (χ0n) is 36.8. The van der Waals surface area contributed by atoms with Crippen LogP contribution >= 0.6 is 0 Å². The normalized spacial score (nSPS) is 12.0. The Hall–Kier alpha value is -1.10.